The lowest BCUT2D eigenvalue weighted by atomic mass is 9.89. The van der Waals surface area contributed by atoms with Crippen LogP contribution in [0.25, 0.3) is 11.3 Å². The van der Waals surface area contributed by atoms with E-state index in [0.29, 0.717) is 42.2 Å². The smallest absolute Gasteiger partial charge is 0.255 e. The molecule has 2 heterocycles. The van der Waals surface area contributed by atoms with Gasteiger partial charge in [-0.1, -0.05) is 26.0 Å². The van der Waals surface area contributed by atoms with Crippen molar-refractivity contribution < 1.29 is 14.0 Å². The first-order chi connectivity index (χ1) is 13.0. The molecule has 1 atom stereocenters. The van der Waals surface area contributed by atoms with E-state index in [1.807, 2.05) is 13.8 Å². The highest BCUT2D eigenvalue weighted by Crippen LogP contribution is 2.23. The summed E-state index contributed by atoms with van der Waals surface area (Å²) < 4.78 is 13.9. The number of carbonyl (C=O) groups excluding carboxylic acids is 2. The second-order valence-corrected chi connectivity index (χ2v) is 7.57. The van der Waals surface area contributed by atoms with E-state index in [4.69, 9.17) is 0 Å². The Balaban J connectivity index is 1.70. The highest BCUT2D eigenvalue weighted by Gasteiger charge is 2.29. The van der Waals surface area contributed by atoms with Crippen LogP contribution in [0.1, 0.15) is 43.5 Å². The quantitative estimate of drug-likeness (QED) is 0.788. The molecule has 1 fully saturated rings. The van der Waals surface area contributed by atoms with Crippen molar-refractivity contribution in [2.24, 2.45) is 11.8 Å². The summed E-state index contributed by atoms with van der Waals surface area (Å²) in [5.41, 5.74) is 1.37. The van der Waals surface area contributed by atoms with Gasteiger partial charge in [0.2, 0.25) is 0 Å². The van der Waals surface area contributed by atoms with Crippen LogP contribution in [0.2, 0.25) is 0 Å². The van der Waals surface area contributed by atoms with Crippen molar-refractivity contribution in [2.75, 3.05) is 13.1 Å². The number of halogens is 1. The first kappa shape index (κ1) is 19.2. The SMILES string of the molecule is CC(C)CC(=O)[C@H]1CCCN(C(=O)c2ccc(-c3ccccc3F)nc2)C1. The summed E-state index contributed by atoms with van der Waals surface area (Å²) in [4.78, 5) is 31.2. The van der Waals surface area contributed by atoms with Crippen molar-refractivity contribution in [1.82, 2.24) is 9.88 Å². The summed E-state index contributed by atoms with van der Waals surface area (Å²) in [5.74, 6) is 0.0428. The minimum absolute atomic E-state index is 0.0734. The van der Waals surface area contributed by atoms with Crippen LogP contribution in [0.15, 0.2) is 42.6 Å². The van der Waals surface area contributed by atoms with Crippen molar-refractivity contribution in [3.8, 4) is 11.3 Å². The van der Waals surface area contributed by atoms with Gasteiger partial charge in [0.15, 0.2) is 0 Å². The van der Waals surface area contributed by atoms with Crippen molar-refractivity contribution in [1.29, 1.82) is 0 Å². The number of ketones is 1. The zero-order valence-corrected chi connectivity index (χ0v) is 15.8. The number of hydrogen-bond acceptors (Lipinski definition) is 3. The van der Waals surface area contributed by atoms with Crippen molar-refractivity contribution in [2.45, 2.75) is 33.1 Å². The lowest BCUT2D eigenvalue weighted by Gasteiger charge is -2.32. The maximum Gasteiger partial charge on any atom is 0.255 e. The van der Waals surface area contributed by atoms with Gasteiger partial charge < -0.3 is 4.90 Å². The van der Waals surface area contributed by atoms with Gasteiger partial charge in [0, 0.05) is 37.2 Å². The molecule has 27 heavy (non-hydrogen) atoms. The summed E-state index contributed by atoms with van der Waals surface area (Å²) in [6, 6.07) is 9.77. The first-order valence-corrected chi connectivity index (χ1v) is 9.48. The predicted molar refractivity (Wildman–Crippen MR) is 103 cm³/mol. The number of nitrogens with zero attached hydrogens (tertiary/aromatic N) is 2. The second kappa shape index (κ2) is 8.42. The van der Waals surface area contributed by atoms with E-state index in [9.17, 15) is 14.0 Å². The van der Waals surface area contributed by atoms with Crippen LogP contribution in [0.3, 0.4) is 0 Å². The van der Waals surface area contributed by atoms with Gasteiger partial charge in [0.05, 0.1) is 11.3 Å². The normalized spacial score (nSPS) is 17.2. The highest BCUT2D eigenvalue weighted by molar-refractivity contribution is 5.94. The average Bonchev–Trinajstić information content (AvgIpc) is 2.67. The fourth-order valence-electron chi connectivity index (χ4n) is 3.52. The summed E-state index contributed by atoms with van der Waals surface area (Å²) in [7, 11) is 0. The van der Waals surface area contributed by atoms with Crippen LogP contribution in [0.4, 0.5) is 4.39 Å². The molecule has 0 bridgehead atoms. The van der Waals surface area contributed by atoms with E-state index >= 15 is 0 Å². The van der Waals surface area contributed by atoms with E-state index in [1.165, 1.54) is 12.3 Å². The van der Waals surface area contributed by atoms with E-state index in [1.54, 1.807) is 35.2 Å². The Kier molecular flexibility index (Phi) is 5.99. The Bertz CT molecular complexity index is 817. The number of amides is 1. The monoisotopic (exact) mass is 368 g/mol. The minimum atomic E-state index is -0.341. The van der Waals surface area contributed by atoms with Crippen LogP contribution in [0.5, 0.6) is 0 Å². The Morgan fingerprint density at radius 3 is 2.67 bits per heavy atom. The van der Waals surface area contributed by atoms with E-state index in [2.05, 4.69) is 4.98 Å². The minimum Gasteiger partial charge on any atom is -0.338 e. The second-order valence-electron chi connectivity index (χ2n) is 7.57. The zero-order valence-electron chi connectivity index (χ0n) is 15.8. The number of aromatic nitrogens is 1. The Morgan fingerprint density at radius 1 is 1.22 bits per heavy atom. The van der Waals surface area contributed by atoms with Crippen molar-refractivity contribution >= 4 is 11.7 Å². The molecule has 0 saturated carbocycles. The molecule has 5 heteroatoms. The summed E-state index contributed by atoms with van der Waals surface area (Å²) >= 11 is 0. The maximum atomic E-state index is 13.9. The Morgan fingerprint density at radius 2 is 2.00 bits per heavy atom. The Labute approximate surface area is 159 Å². The molecule has 1 aliphatic rings. The number of Topliss-reactive ketones (excluding diaryl/α,β-unsaturated/α-hetero) is 1. The number of pyridine rings is 1. The van der Waals surface area contributed by atoms with Crippen LogP contribution in [-0.2, 0) is 4.79 Å². The lowest BCUT2D eigenvalue weighted by molar-refractivity contribution is -0.124. The molecule has 0 spiro atoms. The van der Waals surface area contributed by atoms with Gasteiger partial charge in [0.1, 0.15) is 11.6 Å². The molecule has 0 radical (unpaired) electrons. The number of piperidine rings is 1. The van der Waals surface area contributed by atoms with Crippen LogP contribution in [-0.4, -0.2) is 34.7 Å². The molecule has 1 aromatic heterocycles. The third-order valence-corrected chi connectivity index (χ3v) is 4.93. The van der Waals surface area contributed by atoms with Gasteiger partial charge >= 0.3 is 0 Å². The molecule has 0 aliphatic carbocycles. The van der Waals surface area contributed by atoms with Gasteiger partial charge in [-0.3, -0.25) is 14.6 Å². The number of hydrogen-bond donors (Lipinski definition) is 0. The largest absolute Gasteiger partial charge is 0.338 e. The third-order valence-electron chi connectivity index (χ3n) is 4.93. The number of rotatable bonds is 5. The van der Waals surface area contributed by atoms with Gasteiger partial charge in [-0.2, -0.15) is 0 Å². The molecule has 142 valence electrons. The van der Waals surface area contributed by atoms with Gasteiger partial charge in [-0.15, -0.1) is 0 Å². The maximum absolute atomic E-state index is 13.9. The van der Waals surface area contributed by atoms with E-state index in [0.717, 1.165) is 12.8 Å². The molecular formula is C22H25FN2O2. The molecule has 4 nitrogen and oxygen atoms in total. The fourth-order valence-corrected chi connectivity index (χ4v) is 3.52. The summed E-state index contributed by atoms with van der Waals surface area (Å²) in [6.07, 6.45) is 3.73. The molecule has 2 aromatic rings. The Hall–Kier alpha value is -2.56. The topological polar surface area (TPSA) is 50.3 Å². The molecule has 1 saturated heterocycles. The predicted octanol–water partition coefficient (Wildman–Crippen LogP) is 4.36. The number of carbonyl (C=O) groups is 2. The van der Waals surface area contributed by atoms with Gasteiger partial charge in [-0.25, -0.2) is 4.39 Å². The third kappa shape index (κ3) is 4.59. The van der Waals surface area contributed by atoms with E-state index < -0.39 is 0 Å². The lowest BCUT2D eigenvalue weighted by Crippen LogP contribution is -2.42. The van der Waals surface area contributed by atoms with Crippen LogP contribution < -0.4 is 0 Å². The van der Waals surface area contributed by atoms with Gasteiger partial charge in [0.25, 0.3) is 5.91 Å². The number of benzene rings is 1. The summed E-state index contributed by atoms with van der Waals surface area (Å²) in [5, 5.41) is 0. The molecular weight excluding hydrogens is 343 g/mol. The molecule has 1 aromatic carbocycles. The molecule has 3 rings (SSSR count). The summed E-state index contributed by atoms with van der Waals surface area (Å²) in [6.45, 7) is 5.19. The van der Waals surface area contributed by atoms with Crippen molar-refractivity contribution in [3.05, 3.63) is 54.0 Å². The standard InChI is InChI=1S/C22H25FN2O2/c1-15(2)12-21(26)17-6-5-11-25(14-17)22(27)16-9-10-20(24-13-16)18-7-3-4-8-19(18)23/h3-4,7-10,13,15,17H,5-6,11-12,14H2,1-2H3/t17-/m0/s1. The van der Waals surface area contributed by atoms with Crippen molar-refractivity contribution in [3.63, 3.8) is 0 Å². The molecule has 0 unspecified atom stereocenters. The number of likely N-dealkylation sites (tertiary alicyclic amines) is 1. The van der Waals surface area contributed by atoms with Crippen LogP contribution >= 0.6 is 0 Å². The average molecular weight is 368 g/mol. The molecule has 1 aliphatic heterocycles. The van der Waals surface area contributed by atoms with Gasteiger partial charge in [-0.05, 0) is 43.0 Å². The van der Waals surface area contributed by atoms with E-state index in [-0.39, 0.29) is 23.4 Å². The fraction of sp³-hybridized carbons (Fsp3) is 0.409. The molecule has 1 amide bonds. The first-order valence-electron chi connectivity index (χ1n) is 9.48. The van der Waals surface area contributed by atoms with Crippen LogP contribution in [0, 0.1) is 17.7 Å². The zero-order chi connectivity index (χ0) is 19.4. The highest BCUT2D eigenvalue weighted by atomic mass is 19.1. The molecule has 0 N–H and O–H groups in total.